The molecule has 0 heterocycles. The maximum Gasteiger partial charge on any atom is 0.196 e. The summed E-state index contributed by atoms with van der Waals surface area (Å²) in [6, 6.07) is 3.90. The molecule has 1 aromatic rings. The van der Waals surface area contributed by atoms with Gasteiger partial charge in [-0.05, 0) is 43.4 Å². The largest absolute Gasteiger partial charge is 0.496 e. The van der Waals surface area contributed by atoms with E-state index in [1.165, 1.54) is 0 Å². The molecule has 3 heteroatoms. The van der Waals surface area contributed by atoms with Crippen molar-refractivity contribution in [3.63, 3.8) is 0 Å². The molecule has 0 aromatic heterocycles. The molecule has 0 fully saturated rings. The average molecular weight is 278 g/mol. The van der Waals surface area contributed by atoms with E-state index in [1.807, 2.05) is 53.7 Å². The minimum Gasteiger partial charge on any atom is -0.496 e. The highest BCUT2D eigenvalue weighted by molar-refractivity contribution is 6.03. The molecule has 1 rings (SSSR count). The van der Waals surface area contributed by atoms with Gasteiger partial charge in [-0.25, -0.2) is 0 Å². The van der Waals surface area contributed by atoms with Gasteiger partial charge in [-0.1, -0.05) is 26.8 Å². The Kier molecular flexibility index (Phi) is 5.35. The molecule has 0 radical (unpaired) electrons. The van der Waals surface area contributed by atoms with Crippen molar-refractivity contribution in [3.8, 4) is 5.75 Å². The number of hydrogen-bond acceptors (Lipinski definition) is 3. The van der Waals surface area contributed by atoms with Crippen LogP contribution < -0.4 is 4.74 Å². The molecule has 0 bridgehead atoms. The van der Waals surface area contributed by atoms with Crippen molar-refractivity contribution in [3.05, 3.63) is 28.8 Å². The molecule has 1 unspecified atom stereocenters. The van der Waals surface area contributed by atoms with Crippen LogP contribution in [0.5, 0.6) is 5.75 Å². The minimum atomic E-state index is -0.470. The quantitative estimate of drug-likeness (QED) is 0.765. The van der Waals surface area contributed by atoms with E-state index in [-0.39, 0.29) is 11.2 Å². The Morgan fingerprint density at radius 2 is 1.85 bits per heavy atom. The van der Waals surface area contributed by atoms with E-state index in [2.05, 4.69) is 0 Å². The van der Waals surface area contributed by atoms with Crippen LogP contribution in [0.25, 0.3) is 0 Å². The predicted octanol–water partition coefficient (Wildman–Crippen LogP) is 3.95. The molecule has 20 heavy (non-hydrogen) atoms. The van der Waals surface area contributed by atoms with Gasteiger partial charge in [0.05, 0.1) is 12.7 Å². The molecule has 0 amide bonds. The lowest BCUT2D eigenvalue weighted by atomic mass is 9.83. The Balaban J connectivity index is 3.32. The molecular weight excluding hydrogens is 252 g/mol. The number of benzene rings is 1. The number of aryl methyl sites for hydroxylation is 2. The Hall–Kier alpha value is -1.35. The summed E-state index contributed by atoms with van der Waals surface area (Å²) in [6.45, 7) is 12.4. The number of methoxy groups -OCH3 is 1. The minimum absolute atomic E-state index is 0.00583. The van der Waals surface area contributed by atoms with Crippen molar-refractivity contribution in [1.29, 1.82) is 0 Å². The lowest BCUT2D eigenvalue weighted by Crippen LogP contribution is -2.37. The third kappa shape index (κ3) is 3.60. The molecule has 3 nitrogen and oxygen atoms in total. The highest BCUT2D eigenvalue weighted by atomic mass is 16.5. The summed E-state index contributed by atoms with van der Waals surface area (Å²) in [5, 5.41) is 0. The van der Waals surface area contributed by atoms with Crippen LogP contribution in [0, 0.1) is 19.3 Å². The third-order valence-corrected chi connectivity index (χ3v) is 3.27. The summed E-state index contributed by atoms with van der Waals surface area (Å²) in [7, 11) is 1.60. The van der Waals surface area contributed by atoms with Crippen molar-refractivity contribution in [2.75, 3.05) is 13.7 Å². The summed E-state index contributed by atoms with van der Waals surface area (Å²) in [4.78, 5) is 12.9. The first-order valence-corrected chi connectivity index (χ1v) is 7.03. The predicted molar refractivity (Wildman–Crippen MR) is 81.7 cm³/mol. The zero-order valence-corrected chi connectivity index (χ0v) is 13.7. The van der Waals surface area contributed by atoms with Crippen molar-refractivity contribution in [1.82, 2.24) is 0 Å². The van der Waals surface area contributed by atoms with Gasteiger partial charge >= 0.3 is 0 Å². The fourth-order valence-corrected chi connectivity index (χ4v) is 2.42. The maximum absolute atomic E-state index is 12.9. The van der Waals surface area contributed by atoms with Crippen LogP contribution in [-0.4, -0.2) is 25.6 Å². The summed E-state index contributed by atoms with van der Waals surface area (Å²) in [5.74, 6) is 0.621. The second-order valence-electron chi connectivity index (χ2n) is 6.22. The number of hydrogen-bond donors (Lipinski definition) is 0. The van der Waals surface area contributed by atoms with E-state index in [0.29, 0.717) is 17.9 Å². The molecule has 1 atom stereocenters. The molecule has 0 aliphatic heterocycles. The van der Waals surface area contributed by atoms with Crippen LogP contribution in [0.3, 0.4) is 0 Å². The molecule has 0 spiro atoms. The van der Waals surface area contributed by atoms with Gasteiger partial charge in [0, 0.05) is 6.61 Å². The molecule has 0 aliphatic carbocycles. The monoisotopic (exact) mass is 278 g/mol. The van der Waals surface area contributed by atoms with Gasteiger partial charge in [0.15, 0.2) is 5.78 Å². The summed E-state index contributed by atoms with van der Waals surface area (Å²) in [5.41, 5.74) is 2.39. The Bertz CT molecular complexity index is 484. The summed E-state index contributed by atoms with van der Waals surface area (Å²) < 4.78 is 11.1. The van der Waals surface area contributed by atoms with E-state index in [0.717, 1.165) is 11.1 Å². The van der Waals surface area contributed by atoms with Crippen LogP contribution in [-0.2, 0) is 4.74 Å². The van der Waals surface area contributed by atoms with E-state index < -0.39 is 6.10 Å². The number of ether oxygens (including phenoxy) is 2. The third-order valence-electron chi connectivity index (χ3n) is 3.27. The van der Waals surface area contributed by atoms with Gasteiger partial charge in [0.1, 0.15) is 11.9 Å². The van der Waals surface area contributed by atoms with Crippen molar-refractivity contribution in [2.24, 2.45) is 5.41 Å². The number of carbonyl (C=O) groups excluding carboxylic acids is 1. The molecule has 1 aromatic carbocycles. The number of carbonyl (C=O) groups is 1. The van der Waals surface area contributed by atoms with Gasteiger partial charge < -0.3 is 9.47 Å². The standard InChI is InChI=1S/C17H26O3/c1-8-20-16(17(4,5)6)15(18)14-12(3)9-11(2)10-13(14)19-7/h9-10,16H,8H2,1-7H3. The molecule has 112 valence electrons. The van der Waals surface area contributed by atoms with E-state index >= 15 is 0 Å². The number of Topliss-reactive ketones (excluding diaryl/α,β-unsaturated/α-hetero) is 1. The summed E-state index contributed by atoms with van der Waals surface area (Å²) >= 11 is 0. The van der Waals surface area contributed by atoms with Gasteiger partial charge in [0.2, 0.25) is 0 Å². The van der Waals surface area contributed by atoms with Gasteiger partial charge in [-0.15, -0.1) is 0 Å². The smallest absolute Gasteiger partial charge is 0.196 e. The van der Waals surface area contributed by atoms with Crippen molar-refractivity contribution < 1.29 is 14.3 Å². The topological polar surface area (TPSA) is 35.5 Å². The van der Waals surface area contributed by atoms with Crippen LogP contribution in [0.1, 0.15) is 49.2 Å². The number of ketones is 1. The van der Waals surface area contributed by atoms with Crippen LogP contribution in [0.4, 0.5) is 0 Å². The maximum atomic E-state index is 12.9. The summed E-state index contributed by atoms with van der Waals surface area (Å²) in [6.07, 6.45) is -0.470. The first-order chi connectivity index (χ1) is 9.22. The van der Waals surface area contributed by atoms with Crippen LogP contribution in [0.2, 0.25) is 0 Å². The normalized spacial score (nSPS) is 13.2. The number of rotatable bonds is 5. The van der Waals surface area contributed by atoms with E-state index in [4.69, 9.17) is 9.47 Å². The van der Waals surface area contributed by atoms with Crippen molar-refractivity contribution in [2.45, 2.75) is 47.6 Å². The zero-order chi connectivity index (χ0) is 15.5. The van der Waals surface area contributed by atoms with E-state index in [1.54, 1.807) is 7.11 Å². The molecular formula is C17H26O3. The molecule has 0 aliphatic rings. The second-order valence-corrected chi connectivity index (χ2v) is 6.22. The van der Waals surface area contributed by atoms with Crippen LogP contribution >= 0.6 is 0 Å². The Morgan fingerprint density at radius 1 is 1.25 bits per heavy atom. The van der Waals surface area contributed by atoms with Gasteiger partial charge in [0.25, 0.3) is 0 Å². The Labute approximate surface area is 122 Å². The zero-order valence-electron chi connectivity index (χ0n) is 13.7. The van der Waals surface area contributed by atoms with Gasteiger partial charge in [-0.2, -0.15) is 0 Å². The molecule has 0 N–H and O–H groups in total. The SMILES string of the molecule is CCOC(C(=O)c1c(C)cc(C)cc1OC)C(C)(C)C. The fraction of sp³-hybridized carbons (Fsp3) is 0.588. The lowest BCUT2D eigenvalue weighted by molar-refractivity contribution is -0.000430. The average Bonchev–Trinajstić information content (AvgIpc) is 2.32. The first kappa shape index (κ1) is 16.7. The molecule has 0 saturated carbocycles. The molecule has 0 saturated heterocycles. The Morgan fingerprint density at radius 3 is 2.30 bits per heavy atom. The lowest BCUT2D eigenvalue weighted by Gasteiger charge is -2.30. The van der Waals surface area contributed by atoms with Crippen LogP contribution in [0.15, 0.2) is 12.1 Å². The van der Waals surface area contributed by atoms with E-state index in [9.17, 15) is 4.79 Å². The fourth-order valence-electron chi connectivity index (χ4n) is 2.42. The second kappa shape index (κ2) is 6.40. The highest BCUT2D eigenvalue weighted by Gasteiger charge is 2.34. The van der Waals surface area contributed by atoms with Gasteiger partial charge in [-0.3, -0.25) is 4.79 Å². The first-order valence-electron chi connectivity index (χ1n) is 7.03. The van der Waals surface area contributed by atoms with Crippen molar-refractivity contribution >= 4 is 5.78 Å². The highest BCUT2D eigenvalue weighted by Crippen LogP contribution is 2.31.